The fraction of sp³-hybridized carbons (Fsp3) is 0.750. The zero-order valence-corrected chi connectivity index (χ0v) is 9.79. The molecule has 0 aliphatic rings. The summed E-state index contributed by atoms with van der Waals surface area (Å²) in [4.78, 5) is 0. The predicted molar refractivity (Wildman–Crippen MR) is 56.2 cm³/mol. The number of halogens is 2. The van der Waals surface area contributed by atoms with Crippen molar-refractivity contribution in [2.24, 2.45) is 0 Å². The molecule has 0 rings (SSSR count). The van der Waals surface area contributed by atoms with Crippen molar-refractivity contribution in [1.82, 2.24) is 0 Å². The molecular weight excluding hydrogens is 229 g/mol. The van der Waals surface area contributed by atoms with Crippen LogP contribution >= 0.6 is 23.5 Å². The smallest absolute Gasteiger partial charge is 0.298 e. The molecule has 84 valence electrons. The third kappa shape index (κ3) is 6.32. The van der Waals surface area contributed by atoms with E-state index < -0.39 is 6.10 Å². The molecule has 0 fully saturated rings. The van der Waals surface area contributed by atoms with Crippen molar-refractivity contribution in [2.45, 2.75) is 6.10 Å². The van der Waals surface area contributed by atoms with Gasteiger partial charge in [0.1, 0.15) is 31.1 Å². The van der Waals surface area contributed by atoms with Crippen molar-refractivity contribution in [2.75, 3.05) is 33.1 Å². The lowest BCUT2D eigenvalue weighted by Gasteiger charge is -2.29. The second-order valence-corrected chi connectivity index (χ2v) is 4.19. The Morgan fingerprint density at radius 1 is 1.57 bits per heavy atom. The molecule has 1 unspecified atom stereocenters. The molecule has 0 saturated carbocycles. The highest BCUT2D eigenvalue weighted by Crippen LogP contribution is 2.04. The average molecular weight is 245 g/mol. The number of aliphatic hydroxyl groups excluding tert-OH is 2. The quantitative estimate of drug-likeness (QED) is 0.420. The van der Waals surface area contributed by atoms with Crippen molar-refractivity contribution in [3.63, 3.8) is 0 Å². The number of likely N-dealkylation sites (N-methyl/N-ethyl adjacent to an activating group) is 1. The first-order valence-electron chi connectivity index (χ1n) is 4.15. The van der Waals surface area contributed by atoms with Crippen LogP contribution in [0.3, 0.4) is 0 Å². The highest BCUT2D eigenvalue weighted by molar-refractivity contribution is 6.18. The first-order chi connectivity index (χ1) is 6.41. The van der Waals surface area contributed by atoms with Gasteiger partial charge in [-0.1, -0.05) is 0 Å². The molecule has 0 radical (unpaired) electrons. The summed E-state index contributed by atoms with van der Waals surface area (Å²) in [7, 11) is 3.79. The Balaban J connectivity index is 4.06. The average Bonchev–Trinajstić information content (AvgIpc) is 2.13. The van der Waals surface area contributed by atoms with Gasteiger partial charge in [-0.2, -0.15) is 0 Å². The number of hydrogen-bond acceptors (Lipinski definition) is 3. The molecule has 0 aromatic rings. The molecule has 0 heterocycles. The SMILES string of the molecule is C[N+](C)(C/C=C(\O)OCl)CC(O)CCl. The van der Waals surface area contributed by atoms with Gasteiger partial charge in [-0.3, -0.25) is 0 Å². The minimum atomic E-state index is -0.556. The lowest BCUT2D eigenvalue weighted by atomic mass is 10.3. The van der Waals surface area contributed by atoms with E-state index in [2.05, 4.69) is 4.29 Å². The molecule has 4 nitrogen and oxygen atoms in total. The van der Waals surface area contributed by atoms with Crippen LogP contribution in [0.15, 0.2) is 12.0 Å². The van der Waals surface area contributed by atoms with Gasteiger partial charge in [0.05, 0.1) is 26.1 Å². The van der Waals surface area contributed by atoms with E-state index in [1.165, 1.54) is 6.08 Å². The number of quaternary nitrogens is 1. The van der Waals surface area contributed by atoms with E-state index in [-0.39, 0.29) is 11.8 Å². The van der Waals surface area contributed by atoms with Gasteiger partial charge >= 0.3 is 0 Å². The molecule has 14 heavy (non-hydrogen) atoms. The molecule has 0 bridgehead atoms. The lowest BCUT2D eigenvalue weighted by Crippen LogP contribution is -2.46. The summed E-state index contributed by atoms with van der Waals surface area (Å²) in [6.07, 6.45) is 0.882. The molecule has 0 aromatic carbocycles. The summed E-state index contributed by atoms with van der Waals surface area (Å²) in [5.74, 6) is -0.137. The van der Waals surface area contributed by atoms with Crippen molar-refractivity contribution in [3.05, 3.63) is 12.0 Å². The third-order valence-corrected chi connectivity index (χ3v) is 2.24. The van der Waals surface area contributed by atoms with E-state index >= 15 is 0 Å². The summed E-state index contributed by atoms with van der Waals surface area (Å²) < 4.78 is 4.55. The normalized spacial score (nSPS) is 15.4. The Labute approximate surface area is 94.1 Å². The van der Waals surface area contributed by atoms with Crippen LogP contribution in [0.25, 0.3) is 0 Å². The lowest BCUT2D eigenvalue weighted by molar-refractivity contribution is -0.887. The van der Waals surface area contributed by atoms with Gasteiger partial charge < -0.3 is 19.0 Å². The standard InChI is InChI=1S/C8H15Cl2NO3/c1-11(2,6-7(12)5-9)4-3-8(13)14-10/h3,7,12H,4-6H2,1-2H3/p+1/b8-3+. The summed E-state index contributed by atoms with van der Waals surface area (Å²) in [6.45, 7) is 0.988. The predicted octanol–water partition coefficient (Wildman–Crippen LogP) is 1.23. The van der Waals surface area contributed by atoms with Gasteiger partial charge in [0.2, 0.25) is 0 Å². The number of nitrogens with zero attached hydrogens (tertiary/aromatic N) is 1. The van der Waals surface area contributed by atoms with E-state index in [1.807, 2.05) is 14.1 Å². The largest absolute Gasteiger partial charge is 0.480 e. The zero-order chi connectivity index (χ0) is 11.2. The van der Waals surface area contributed by atoms with Crippen molar-refractivity contribution < 1.29 is 19.0 Å². The maximum atomic E-state index is 9.33. The molecule has 6 heteroatoms. The molecule has 1 atom stereocenters. The molecule has 0 aliphatic carbocycles. The molecule has 0 spiro atoms. The van der Waals surface area contributed by atoms with Crippen LogP contribution in [0.5, 0.6) is 0 Å². The van der Waals surface area contributed by atoms with Gasteiger partial charge in [0.25, 0.3) is 5.95 Å². The Bertz CT molecular complexity index is 197. The van der Waals surface area contributed by atoms with Gasteiger partial charge in [-0.25, -0.2) is 0 Å². The number of rotatable bonds is 6. The highest BCUT2D eigenvalue weighted by atomic mass is 35.5. The highest BCUT2D eigenvalue weighted by Gasteiger charge is 2.19. The first-order valence-corrected chi connectivity index (χ1v) is 4.99. The molecule has 0 saturated heterocycles. The molecular formula is C8H16Cl2NO3+. The molecule has 0 aliphatic heterocycles. The Morgan fingerprint density at radius 3 is 2.57 bits per heavy atom. The second kappa shape index (κ2) is 6.35. The summed E-state index contributed by atoms with van der Waals surface area (Å²) >= 11 is 10.4. The van der Waals surface area contributed by atoms with Crippen molar-refractivity contribution >= 4 is 23.5 Å². The Morgan fingerprint density at radius 2 is 2.14 bits per heavy atom. The number of hydrogen-bond donors (Lipinski definition) is 2. The monoisotopic (exact) mass is 244 g/mol. The van der Waals surface area contributed by atoms with Crippen LogP contribution in [0.2, 0.25) is 0 Å². The summed E-state index contributed by atoms with van der Waals surface area (Å²) in [5.41, 5.74) is 0. The summed E-state index contributed by atoms with van der Waals surface area (Å²) in [5, 5.41) is 18.2. The van der Waals surface area contributed by atoms with Crippen LogP contribution in [0.4, 0.5) is 0 Å². The van der Waals surface area contributed by atoms with Crippen molar-refractivity contribution in [1.29, 1.82) is 0 Å². The minimum absolute atomic E-state index is 0.198. The fourth-order valence-corrected chi connectivity index (χ4v) is 1.21. The van der Waals surface area contributed by atoms with E-state index in [1.54, 1.807) is 0 Å². The maximum Gasteiger partial charge on any atom is 0.298 e. The van der Waals surface area contributed by atoms with Gasteiger partial charge in [0, 0.05) is 0 Å². The molecule has 0 amide bonds. The zero-order valence-electron chi connectivity index (χ0n) is 8.28. The van der Waals surface area contributed by atoms with E-state index in [4.69, 9.17) is 28.6 Å². The van der Waals surface area contributed by atoms with E-state index in [9.17, 15) is 5.11 Å². The van der Waals surface area contributed by atoms with Gasteiger partial charge in [0.15, 0.2) is 0 Å². The molecule has 0 aromatic heterocycles. The Hall–Kier alpha value is -0.160. The topological polar surface area (TPSA) is 49.7 Å². The van der Waals surface area contributed by atoms with Gasteiger partial charge in [-0.15, -0.1) is 11.6 Å². The number of alkyl halides is 1. The second-order valence-electron chi connectivity index (χ2n) is 3.73. The van der Waals surface area contributed by atoms with Crippen LogP contribution in [-0.2, 0) is 4.29 Å². The van der Waals surface area contributed by atoms with Crippen LogP contribution in [-0.4, -0.2) is 53.9 Å². The minimum Gasteiger partial charge on any atom is -0.480 e. The summed E-state index contributed by atoms with van der Waals surface area (Å²) in [6, 6.07) is 0. The van der Waals surface area contributed by atoms with E-state index in [0.29, 0.717) is 17.6 Å². The first kappa shape index (κ1) is 13.8. The fourth-order valence-electron chi connectivity index (χ4n) is 1.05. The van der Waals surface area contributed by atoms with Gasteiger partial charge in [-0.05, 0) is 0 Å². The Kier molecular flexibility index (Phi) is 6.27. The van der Waals surface area contributed by atoms with E-state index in [0.717, 1.165) is 0 Å². The number of aliphatic hydroxyl groups is 2. The third-order valence-electron chi connectivity index (χ3n) is 1.72. The van der Waals surface area contributed by atoms with Crippen LogP contribution < -0.4 is 0 Å². The molecule has 2 N–H and O–H groups in total. The van der Waals surface area contributed by atoms with Crippen molar-refractivity contribution in [3.8, 4) is 0 Å². The van der Waals surface area contributed by atoms with Crippen LogP contribution in [0, 0.1) is 0 Å². The van der Waals surface area contributed by atoms with Crippen LogP contribution in [0.1, 0.15) is 0 Å². The maximum absolute atomic E-state index is 9.33.